The molecule has 148 valence electrons. The number of ether oxygens (including phenoxy) is 1. The second-order valence-corrected chi connectivity index (χ2v) is 14.4. The monoisotopic (exact) mass is 408 g/mol. The number of hydrogen-bond acceptors (Lipinski definition) is 5. The van der Waals surface area contributed by atoms with Crippen LogP contribution >= 0.6 is 11.8 Å². The molecule has 1 N–H and O–H groups in total. The zero-order valence-electron chi connectivity index (χ0n) is 16.6. The van der Waals surface area contributed by atoms with E-state index in [9.17, 15) is 9.59 Å². The van der Waals surface area contributed by atoms with Gasteiger partial charge in [-0.1, -0.05) is 20.8 Å². The molecule has 2 amide bonds. The number of amides is 2. The van der Waals surface area contributed by atoms with Gasteiger partial charge in [0, 0.05) is 23.6 Å². The number of carbonyl (C=O) groups is 2. The topological polar surface area (TPSA) is 67.9 Å². The Labute approximate surface area is 166 Å². The summed E-state index contributed by atoms with van der Waals surface area (Å²) in [5.74, 6) is 0.406. The molecule has 2 aliphatic rings. The van der Waals surface area contributed by atoms with Crippen LogP contribution in [0.3, 0.4) is 0 Å². The molecule has 1 fully saturated rings. The number of carbonyl (C=O) groups excluding carboxylic acids is 2. The number of nitrogens with one attached hydrogen (secondary N) is 1. The van der Waals surface area contributed by atoms with Gasteiger partial charge in [0.2, 0.25) is 5.91 Å². The first kappa shape index (κ1) is 20.2. The minimum absolute atomic E-state index is 0.0192. The van der Waals surface area contributed by atoms with Gasteiger partial charge in [0.25, 0.3) is 0 Å². The average molecular weight is 409 g/mol. The molecule has 8 heteroatoms. The predicted octanol–water partition coefficient (Wildman–Crippen LogP) is 4.47. The maximum Gasteiger partial charge on any atom is 0.414 e. The molecule has 0 aliphatic carbocycles. The summed E-state index contributed by atoms with van der Waals surface area (Å²) in [5.41, 5.74) is 1.50. The summed E-state index contributed by atoms with van der Waals surface area (Å²) in [5, 5.41) is 3.02. The van der Waals surface area contributed by atoms with E-state index in [0.717, 1.165) is 16.3 Å². The molecule has 3 rings (SSSR count). The highest BCUT2D eigenvalue weighted by atomic mass is 32.2. The zero-order chi connectivity index (χ0) is 19.8. The summed E-state index contributed by atoms with van der Waals surface area (Å²) in [7, 11) is -1.79. The van der Waals surface area contributed by atoms with Crippen molar-refractivity contribution in [3.05, 3.63) is 18.2 Å². The molecule has 0 bridgehead atoms. The van der Waals surface area contributed by atoms with E-state index < -0.39 is 8.32 Å². The van der Waals surface area contributed by atoms with Gasteiger partial charge in [0.05, 0.1) is 18.0 Å². The lowest BCUT2D eigenvalue weighted by Crippen LogP contribution is -2.41. The summed E-state index contributed by atoms with van der Waals surface area (Å²) in [4.78, 5) is 26.6. The van der Waals surface area contributed by atoms with Crippen LogP contribution in [0.15, 0.2) is 23.1 Å². The maximum absolute atomic E-state index is 12.3. The lowest BCUT2D eigenvalue weighted by Gasteiger charge is -2.36. The van der Waals surface area contributed by atoms with Crippen LogP contribution in [0.4, 0.5) is 16.2 Å². The van der Waals surface area contributed by atoms with Gasteiger partial charge in [0.15, 0.2) is 8.32 Å². The molecule has 0 radical (unpaired) electrons. The van der Waals surface area contributed by atoms with Crippen molar-refractivity contribution >= 4 is 43.5 Å². The molecule has 2 heterocycles. The molecule has 1 saturated heterocycles. The van der Waals surface area contributed by atoms with Crippen molar-refractivity contribution in [2.45, 2.75) is 56.3 Å². The molecule has 1 atom stereocenters. The van der Waals surface area contributed by atoms with Crippen LogP contribution in [-0.2, 0) is 14.0 Å². The molecular formula is C19H28N2O4SSi. The van der Waals surface area contributed by atoms with E-state index in [2.05, 4.69) is 39.2 Å². The van der Waals surface area contributed by atoms with Gasteiger partial charge in [0.1, 0.15) is 6.10 Å². The van der Waals surface area contributed by atoms with Gasteiger partial charge in [-0.25, -0.2) is 4.79 Å². The normalized spacial score (nSPS) is 20.3. The van der Waals surface area contributed by atoms with Crippen molar-refractivity contribution < 1.29 is 18.8 Å². The smallest absolute Gasteiger partial charge is 0.414 e. The summed E-state index contributed by atoms with van der Waals surface area (Å²) in [6.07, 6.45) is 0.163. The second-order valence-electron chi connectivity index (χ2n) is 8.53. The van der Waals surface area contributed by atoms with Crippen LogP contribution in [0.1, 0.15) is 27.2 Å². The highest BCUT2D eigenvalue weighted by Gasteiger charge is 2.38. The first-order chi connectivity index (χ1) is 12.6. The third kappa shape index (κ3) is 4.49. The predicted molar refractivity (Wildman–Crippen MR) is 111 cm³/mol. The average Bonchev–Trinajstić information content (AvgIpc) is 2.93. The van der Waals surface area contributed by atoms with Crippen molar-refractivity contribution in [1.82, 2.24) is 0 Å². The number of anilines is 2. The largest absolute Gasteiger partial charge is 0.444 e. The Hall–Kier alpha value is -1.51. The van der Waals surface area contributed by atoms with Crippen LogP contribution in [0.2, 0.25) is 18.1 Å². The Morgan fingerprint density at radius 2 is 2.07 bits per heavy atom. The van der Waals surface area contributed by atoms with E-state index in [-0.39, 0.29) is 23.1 Å². The van der Waals surface area contributed by atoms with Crippen LogP contribution in [0.5, 0.6) is 0 Å². The van der Waals surface area contributed by atoms with Crippen molar-refractivity contribution in [3.8, 4) is 0 Å². The molecule has 0 spiro atoms. The van der Waals surface area contributed by atoms with Gasteiger partial charge < -0.3 is 14.5 Å². The molecule has 0 aromatic heterocycles. The van der Waals surface area contributed by atoms with Crippen molar-refractivity contribution in [3.63, 3.8) is 0 Å². The number of cyclic esters (lactones) is 1. The Kier molecular flexibility index (Phi) is 5.61. The van der Waals surface area contributed by atoms with E-state index in [0.29, 0.717) is 25.3 Å². The van der Waals surface area contributed by atoms with E-state index >= 15 is 0 Å². The summed E-state index contributed by atoms with van der Waals surface area (Å²) in [6, 6.07) is 5.68. The Morgan fingerprint density at radius 1 is 1.33 bits per heavy atom. The summed E-state index contributed by atoms with van der Waals surface area (Å²) in [6.45, 7) is 12.2. The van der Waals surface area contributed by atoms with Crippen LogP contribution in [0.25, 0.3) is 0 Å². The Bertz CT molecular complexity index is 748. The number of rotatable bonds is 5. The van der Waals surface area contributed by atoms with Crippen LogP contribution in [0, 0.1) is 0 Å². The quantitative estimate of drug-likeness (QED) is 0.728. The van der Waals surface area contributed by atoms with Gasteiger partial charge in [-0.05, 0) is 36.3 Å². The fraction of sp³-hybridized carbons (Fsp3) is 0.579. The lowest BCUT2D eigenvalue weighted by atomic mass is 10.2. The van der Waals surface area contributed by atoms with Crippen molar-refractivity contribution in [2.24, 2.45) is 0 Å². The lowest BCUT2D eigenvalue weighted by molar-refractivity contribution is -0.113. The Morgan fingerprint density at radius 3 is 2.78 bits per heavy atom. The SMILES string of the molecule is CC(C)(C)[Si](C)(C)OCC[C@@H]1CN(c2ccc3c(c2)NC(=O)CS3)C(=O)O1. The Balaban J connectivity index is 1.60. The van der Waals surface area contributed by atoms with E-state index in [1.807, 2.05) is 18.2 Å². The summed E-state index contributed by atoms with van der Waals surface area (Å²) < 4.78 is 11.7. The number of nitrogens with zero attached hydrogens (tertiary/aromatic N) is 1. The van der Waals surface area contributed by atoms with Gasteiger partial charge in [-0.3, -0.25) is 9.69 Å². The highest BCUT2D eigenvalue weighted by molar-refractivity contribution is 8.00. The van der Waals surface area contributed by atoms with Gasteiger partial charge >= 0.3 is 6.09 Å². The van der Waals surface area contributed by atoms with E-state index in [1.54, 1.807) is 4.90 Å². The summed E-state index contributed by atoms with van der Waals surface area (Å²) >= 11 is 1.51. The molecule has 2 aliphatic heterocycles. The molecular weight excluding hydrogens is 380 g/mol. The van der Waals surface area contributed by atoms with Crippen LogP contribution < -0.4 is 10.2 Å². The second kappa shape index (κ2) is 7.48. The van der Waals surface area contributed by atoms with Crippen molar-refractivity contribution in [2.75, 3.05) is 29.1 Å². The molecule has 1 aromatic carbocycles. The number of thioether (sulfide) groups is 1. The minimum atomic E-state index is -1.79. The maximum atomic E-state index is 12.3. The highest BCUT2D eigenvalue weighted by Crippen LogP contribution is 2.37. The number of benzene rings is 1. The molecule has 6 nitrogen and oxygen atoms in total. The third-order valence-corrected chi connectivity index (χ3v) is 11.1. The minimum Gasteiger partial charge on any atom is -0.444 e. The first-order valence-corrected chi connectivity index (χ1v) is 13.1. The molecule has 1 aromatic rings. The van der Waals surface area contributed by atoms with Crippen molar-refractivity contribution in [1.29, 1.82) is 0 Å². The van der Waals surface area contributed by atoms with Crippen LogP contribution in [-0.4, -0.2) is 45.3 Å². The molecule has 0 unspecified atom stereocenters. The molecule has 27 heavy (non-hydrogen) atoms. The zero-order valence-corrected chi connectivity index (χ0v) is 18.4. The standard InChI is InChI=1S/C19H28N2O4SSi/c1-19(2,3)27(4,5)24-9-8-14-11-21(18(23)25-14)13-6-7-16-15(10-13)20-17(22)12-26-16/h6-7,10,14H,8-9,11-12H2,1-5H3,(H,20,22)/t14-/m1/s1. The molecule has 0 saturated carbocycles. The first-order valence-electron chi connectivity index (χ1n) is 9.26. The number of fused-ring (bicyclic) bond motifs is 1. The fourth-order valence-corrected chi connectivity index (χ4v) is 4.63. The fourth-order valence-electron chi connectivity index (χ4n) is 2.78. The van der Waals surface area contributed by atoms with E-state index in [1.165, 1.54) is 11.8 Å². The van der Waals surface area contributed by atoms with Gasteiger partial charge in [-0.15, -0.1) is 11.8 Å². The number of hydrogen-bond donors (Lipinski definition) is 1. The van der Waals surface area contributed by atoms with Gasteiger partial charge in [-0.2, -0.15) is 0 Å². The third-order valence-electron chi connectivity index (χ3n) is 5.49. The van der Waals surface area contributed by atoms with E-state index in [4.69, 9.17) is 9.16 Å².